The van der Waals surface area contributed by atoms with Crippen LogP contribution in [0.15, 0.2) is 42.5 Å². The highest BCUT2D eigenvalue weighted by atomic mass is 35.5. The van der Waals surface area contributed by atoms with Crippen LogP contribution in [0, 0.1) is 6.92 Å². The Morgan fingerprint density at radius 2 is 1.74 bits per heavy atom. The summed E-state index contributed by atoms with van der Waals surface area (Å²) in [5.74, 6) is -0.109. The molecule has 1 N–H and O–H groups in total. The number of ether oxygens (including phenoxy) is 3. The number of aryl methyl sites for hydroxylation is 1. The van der Waals surface area contributed by atoms with Gasteiger partial charge in [0.25, 0.3) is 5.91 Å². The summed E-state index contributed by atoms with van der Waals surface area (Å²) >= 11 is 5.91. The molecule has 144 valence electrons. The normalized spacial score (nSPS) is 10.2. The summed E-state index contributed by atoms with van der Waals surface area (Å²) in [7, 11) is 0. The second-order valence-electron chi connectivity index (χ2n) is 5.75. The summed E-state index contributed by atoms with van der Waals surface area (Å²) in [6.45, 7) is 3.65. The van der Waals surface area contributed by atoms with Gasteiger partial charge < -0.3 is 19.5 Å². The lowest BCUT2D eigenvalue weighted by Gasteiger charge is -2.12. The van der Waals surface area contributed by atoms with E-state index in [4.69, 9.17) is 25.8 Å². The summed E-state index contributed by atoms with van der Waals surface area (Å²) in [6.07, 6.45) is 0.859. The maximum atomic E-state index is 11.9. The molecular weight excluding hydrogens is 370 g/mol. The quantitative estimate of drug-likeness (QED) is 0.654. The molecule has 0 saturated carbocycles. The van der Waals surface area contributed by atoms with Crippen molar-refractivity contribution in [3.63, 3.8) is 0 Å². The molecule has 1 amide bonds. The van der Waals surface area contributed by atoms with Gasteiger partial charge in [-0.25, -0.2) is 4.79 Å². The van der Waals surface area contributed by atoms with Crippen molar-refractivity contribution < 1.29 is 23.8 Å². The van der Waals surface area contributed by atoms with E-state index in [1.165, 1.54) is 0 Å². The van der Waals surface area contributed by atoms with Crippen LogP contribution in [0.25, 0.3) is 0 Å². The zero-order valence-corrected chi connectivity index (χ0v) is 16.0. The molecule has 0 spiro atoms. The zero-order valence-electron chi connectivity index (χ0n) is 15.3. The van der Waals surface area contributed by atoms with Gasteiger partial charge in [0, 0.05) is 10.7 Å². The number of hydrogen-bond acceptors (Lipinski definition) is 5. The molecule has 0 aliphatic rings. The highest BCUT2D eigenvalue weighted by Gasteiger charge is 2.12. The largest absolute Gasteiger partial charge is 0.490 e. The molecule has 2 aromatic rings. The van der Waals surface area contributed by atoms with Crippen molar-refractivity contribution in [1.82, 2.24) is 0 Å². The minimum Gasteiger partial charge on any atom is -0.490 e. The zero-order chi connectivity index (χ0) is 19.6. The average molecular weight is 392 g/mol. The van der Waals surface area contributed by atoms with Crippen LogP contribution in [0.1, 0.15) is 18.9 Å². The molecular formula is C20H22ClNO5. The van der Waals surface area contributed by atoms with Crippen molar-refractivity contribution in [3.05, 3.63) is 53.1 Å². The number of anilines is 1. The predicted octanol–water partition coefficient (Wildman–Crippen LogP) is 4.00. The Bertz CT molecular complexity index is 794. The van der Waals surface area contributed by atoms with Crippen LogP contribution >= 0.6 is 11.6 Å². The number of carbonyl (C=O) groups excluding carboxylic acids is 2. The third-order valence-electron chi connectivity index (χ3n) is 3.49. The minimum atomic E-state index is -0.654. The molecule has 0 aliphatic heterocycles. The number of rotatable bonds is 9. The number of amides is 1. The minimum absolute atomic E-state index is 0.323. The van der Waals surface area contributed by atoms with Crippen LogP contribution in [0.3, 0.4) is 0 Å². The summed E-state index contributed by atoms with van der Waals surface area (Å²) in [4.78, 5) is 23.8. The summed E-state index contributed by atoms with van der Waals surface area (Å²) < 4.78 is 15.9. The predicted molar refractivity (Wildman–Crippen MR) is 104 cm³/mol. The monoisotopic (exact) mass is 391 g/mol. The van der Waals surface area contributed by atoms with E-state index in [9.17, 15) is 9.59 Å². The van der Waals surface area contributed by atoms with Crippen LogP contribution in [0.2, 0.25) is 5.02 Å². The van der Waals surface area contributed by atoms with E-state index in [1.54, 1.807) is 36.4 Å². The Morgan fingerprint density at radius 1 is 1.04 bits per heavy atom. The number of carbonyl (C=O) groups is 2. The molecule has 2 rings (SSSR count). The second-order valence-corrected chi connectivity index (χ2v) is 6.19. The molecule has 2 aromatic carbocycles. The Kier molecular flexibility index (Phi) is 7.95. The topological polar surface area (TPSA) is 73.9 Å². The van der Waals surface area contributed by atoms with Gasteiger partial charge >= 0.3 is 5.97 Å². The molecule has 0 radical (unpaired) electrons. The average Bonchev–Trinajstić information content (AvgIpc) is 2.66. The Labute approximate surface area is 163 Å². The Balaban J connectivity index is 1.79. The summed E-state index contributed by atoms with van der Waals surface area (Å²) in [5, 5.41) is 3.16. The highest BCUT2D eigenvalue weighted by Crippen LogP contribution is 2.26. The first kappa shape index (κ1) is 20.6. The van der Waals surface area contributed by atoms with E-state index >= 15 is 0 Å². The van der Waals surface area contributed by atoms with Gasteiger partial charge in [0.15, 0.2) is 24.7 Å². The summed E-state index contributed by atoms with van der Waals surface area (Å²) in [6, 6.07) is 12.2. The van der Waals surface area contributed by atoms with Crippen molar-refractivity contribution in [3.8, 4) is 11.5 Å². The van der Waals surface area contributed by atoms with Gasteiger partial charge in [0.05, 0.1) is 6.61 Å². The fraction of sp³-hybridized carbons (Fsp3) is 0.300. The van der Waals surface area contributed by atoms with Crippen LogP contribution in [0.5, 0.6) is 11.5 Å². The number of halogens is 1. The van der Waals surface area contributed by atoms with Crippen molar-refractivity contribution in [2.75, 3.05) is 25.1 Å². The molecule has 6 nitrogen and oxygen atoms in total. The number of hydrogen-bond donors (Lipinski definition) is 1. The molecule has 7 heteroatoms. The van der Waals surface area contributed by atoms with Crippen LogP contribution < -0.4 is 14.8 Å². The van der Waals surface area contributed by atoms with E-state index in [0.717, 1.165) is 12.0 Å². The third-order valence-corrected chi connectivity index (χ3v) is 3.73. The van der Waals surface area contributed by atoms with E-state index in [2.05, 4.69) is 5.32 Å². The van der Waals surface area contributed by atoms with Crippen molar-refractivity contribution >= 4 is 29.2 Å². The molecule has 0 aliphatic carbocycles. The molecule has 0 fully saturated rings. The van der Waals surface area contributed by atoms with E-state index in [-0.39, 0.29) is 6.61 Å². The number of benzene rings is 2. The van der Waals surface area contributed by atoms with Crippen LogP contribution in [0.4, 0.5) is 5.69 Å². The van der Waals surface area contributed by atoms with Crippen LogP contribution in [-0.4, -0.2) is 31.7 Å². The molecule has 27 heavy (non-hydrogen) atoms. The molecule has 0 heterocycles. The van der Waals surface area contributed by atoms with E-state index in [0.29, 0.717) is 28.8 Å². The van der Waals surface area contributed by atoms with Gasteiger partial charge in [0.2, 0.25) is 0 Å². The first-order chi connectivity index (χ1) is 13.0. The van der Waals surface area contributed by atoms with Crippen molar-refractivity contribution in [1.29, 1.82) is 0 Å². The SMILES string of the molecule is CCCOc1ccccc1OCC(=O)OCC(=O)Nc1cc(Cl)ccc1C. The highest BCUT2D eigenvalue weighted by molar-refractivity contribution is 6.31. The maximum absolute atomic E-state index is 11.9. The molecule has 0 atom stereocenters. The molecule has 0 bridgehead atoms. The lowest BCUT2D eigenvalue weighted by atomic mass is 10.2. The first-order valence-electron chi connectivity index (χ1n) is 8.56. The standard InChI is InChI=1S/C20H22ClNO5/c1-3-10-25-17-6-4-5-7-18(17)26-13-20(24)27-12-19(23)22-16-11-15(21)9-8-14(16)2/h4-9,11H,3,10,12-13H2,1-2H3,(H,22,23). The second kappa shape index (κ2) is 10.4. The smallest absolute Gasteiger partial charge is 0.344 e. The fourth-order valence-electron chi connectivity index (χ4n) is 2.14. The number of esters is 1. The van der Waals surface area contributed by atoms with Gasteiger partial charge in [-0.15, -0.1) is 0 Å². The van der Waals surface area contributed by atoms with Gasteiger partial charge in [-0.05, 0) is 43.2 Å². The molecule has 0 saturated heterocycles. The van der Waals surface area contributed by atoms with Crippen LogP contribution in [-0.2, 0) is 14.3 Å². The van der Waals surface area contributed by atoms with E-state index < -0.39 is 18.5 Å². The Hall–Kier alpha value is -2.73. The third kappa shape index (κ3) is 6.83. The van der Waals surface area contributed by atoms with Crippen molar-refractivity contribution in [2.45, 2.75) is 20.3 Å². The fourth-order valence-corrected chi connectivity index (χ4v) is 2.31. The first-order valence-corrected chi connectivity index (χ1v) is 8.93. The lowest BCUT2D eigenvalue weighted by Crippen LogP contribution is -2.24. The lowest BCUT2D eigenvalue weighted by molar-refractivity contribution is -0.149. The number of nitrogens with one attached hydrogen (secondary N) is 1. The molecule has 0 unspecified atom stereocenters. The van der Waals surface area contributed by atoms with E-state index in [1.807, 2.05) is 19.9 Å². The van der Waals surface area contributed by atoms with Gasteiger partial charge in [-0.3, -0.25) is 4.79 Å². The maximum Gasteiger partial charge on any atom is 0.344 e. The number of para-hydroxylation sites is 2. The van der Waals surface area contributed by atoms with Crippen molar-refractivity contribution in [2.24, 2.45) is 0 Å². The van der Waals surface area contributed by atoms with Gasteiger partial charge in [-0.1, -0.05) is 36.7 Å². The molecule has 0 aromatic heterocycles. The van der Waals surface area contributed by atoms with Gasteiger partial charge in [0.1, 0.15) is 0 Å². The summed E-state index contributed by atoms with van der Waals surface area (Å²) in [5.41, 5.74) is 1.42. The van der Waals surface area contributed by atoms with Gasteiger partial charge in [-0.2, -0.15) is 0 Å². The Morgan fingerprint density at radius 3 is 2.44 bits per heavy atom.